The zero-order valence-electron chi connectivity index (χ0n) is 8.13. The lowest BCUT2D eigenvalue weighted by atomic mass is 10.1. The number of nitrogens with zero attached hydrogens (tertiary/aromatic N) is 1. The average molecular weight is 251 g/mol. The predicted molar refractivity (Wildman–Crippen MR) is 63.3 cm³/mol. The van der Waals surface area contributed by atoms with Gasteiger partial charge in [0.05, 0.1) is 15.7 Å². The second kappa shape index (κ2) is 3.24. The van der Waals surface area contributed by atoms with E-state index in [1.165, 1.54) is 11.1 Å². The molecule has 0 spiro atoms. The molecule has 0 bridgehead atoms. The zero-order valence-corrected chi connectivity index (χ0v) is 9.72. The number of hydrogen-bond acceptors (Lipinski definition) is 2. The molecule has 0 aliphatic rings. The van der Waals surface area contributed by atoms with Gasteiger partial charge in [-0.1, -0.05) is 0 Å². The third-order valence-corrected chi connectivity index (χ3v) is 3.11. The lowest BCUT2D eigenvalue weighted by Gasteiger charge is -2.06. The number of fused-ring (bicyclic) bond motifs is 1. The number of nitrogen functional groups attached to an aromatic ring is 1. The molecule has 2 aromatic rings. The van der Waals surface area contributed by atoms with Gasteiger partial charge in [0, 0.05) is 11.6 Å². The standard InChI is InChI=1S/C11H11BrN2/c1-6-3-8-10(4-7(6)2)14-5-9(12)11(8)13/h3-5H,1-2H3,(H2,13,14). The fourth-order valence-electron chi connectivity index (χ4n) is 1.45. The van der Waals surface area contributed by atoms with Crippen LogP contribution in [0.5, 0.6) is 0 Å². The van der Waals surface area contributed by atoms with E-state index in [1.807, 2.05) is 0 Å². The van der Waals surface area contributed by atoms with Gasteiger partial charge in [-0.15, -0.1) is 0 Å². The molecule has 2 nitrogen and oxygen atoms in total. The van der Waals surface area contributed by atoms with Crippen molar-refractivity contribution in [2.24, 2.45) is 0 Å². The first-order chi connectivity index (χ1) is 6.59. The fourth-order valence-corrected chi connectivity index (χ4v) is 1.76. The maximum absolute atomic E-state index is 5.95. The van der Waals surface area contributed by atoms with Crippen LogP contribution in [0.3, 0.4) is 0 Å². The second-order valence-electron chi connectivity index (χ2n) is 3.47. The molecule has 0 amide bonds. The van der Waals surface area contributed by atoms with Crippen LogP contribution in [0.1, 0.15) is 11.1 Å². The number of halogens is 1. The molecule has 1 aromatic carbocycles. The van der Waals surface area contributed by atoms with Crippen LogP contribution in [0.2, 0.25) is 0 Å². The molecule has 14 heavy (non-hydrogen) atoms. The highest BCUT2D eigenvalue weighted by molar-refractivity contribution is 9.10. The van der Waals surface area contributed by atoms with Crippen LogP contribution < -0.4 is 5.73 Å². The predicted octanol–water partition coefficient (Wildman–Crippen LogP) is 3.20. The van der Waals surface area contributed by atoms with E-state index in [4.69, 9.17) is 5.73 Å². The van der Waals surface area contributed by atoms with E-state index < -0.39 is 0 Å². The molecule has 0 unspecified atom stereocenters. The Morgan fingerprint density at radius 2 is 1.86 bits per heavy atom. The Morgan fingerprint density at radius 1 is 1.21 bits per heavy atom. The molecule has 0 saturated heterocycles. The van der Waals surface area contributed by atoms with Crippen molar-refractivity contribution in [3.63, 3.8) is 0 Å². The Labute approximate surface area is 91.3 Å². The van der Waals surface area contributed by atoms with Crippen LogP contribution in [-0.4, -0.2) is 4.98 Å². The van der Waals surface area contributed by atoms with Crippen molar-refractivity contribution in [1.82, 2.24) is 4.98 Å². The largest absolute Gasteiger partial charge is 0.397 e. The molecule has 2 rings (SSSR count). The van der Waals surface area contributed by atoms with Gasteiger partial charge in [-0.2, -0.15) is 0 Å². The van der Waals surface area contributed by atoms with E-state index in [1.54, 1.807) is 6.20 Å². The summed E-state index contributed by atoms with van der Waals surface area (Å²) in [6, 6.07) is 4.14. The summed E-state index contributed by atoms with van der Waals surface area (Å²) in [7, 11) is 0. The van der Waals surface area contributed by atoms with Gasteiger partial charge in [0.15, 0.2) is 0 Å². The molecule has 72 valence electrons. The van der Waals surface area contributed by atoms with E-state index in [2.05, 4.69) is 46.9 Å². The molecular formula is C11H11BrN2. The van der Waals surface area contributed by atoms with Crippen molar-refractivity contribution in [3.8, 4) is 0 Å². The Balaban J connectivity index is 2.89. The molecule has 0 atom stereocenters. The summed E-state index contributed by atoms with van der Waals surface area (Å²) in [5.41, 5.74) is 10.1. The van der Waals surface area contributed by atoms with Gasteiger partial charge in [0.25, 0.3) is 0 Å². The highest BCUT2D eigenvalue weighted by Crippen LogP contribution is 2.28. The second-order valence-corrected chi connectivity index (χ2v) is 4.33. The average Bonchev–Trinajstić information content (AvgIpc) is 2.15. The number of benzene rings is 1. The number of rotatable bonds is 0. The van der Waals surface area contributed by atoms with Gasteiger partial charge in [0.2, 0.25) is 0 Å². The van der Waals surface area contributed by atoms with Gasteiger partial charge >= 0.3 is 0 Å². The number of aryl methyl sites for hydroxylation is 2. The third-order valence-electron chi connectivity index (χ3n) is 2.48. The van der Waals surface area contributed by atoms with Crippen molar-refractivity contribution in [2.45, 2.75) is 13.8 Å². The summed E-state index contributed by atoms with van der Waals surface area (Å²) >= 11 is 3.37. The Bertz CT molecular complexity index is 506. The number of hydrogen-bond donors (Lipinski definition) is 1. The van der Waals surface area contributed by atoms with Crippen LogP contribution in [0.15, 0.2) is 22.8 Å². The molecule has 3 heteroatoms. The van der Waals surface area contributed by atoms with Crippen molar-refractivity contribution < 1.29 is 0 Å². The van der Waals surface area contributed by atoms with Crippen molar-refractivity contribution in [2.75, 3.05) is 5.73 Å². The normalized spacial score (nSPS) is 10.8. The van der Waals surface area contributed by atoms with Gasteiger partial charge in [0.1, 0.15) is 0 Å². The van der Waals surface area contributed by atoms with Crippen LogP contribution in [-0.2, 0) is 0 Å². The van der Waals surface area contributed by atoms with Crippen molar-refractivity contribution in [1.29, 1.82) is 0 Å². The molecule has 0 aliphatic heterocycles. The molecular weight excluding hydrogens is 240 g/mol. The van der Waals surface area contributed by atoms with Crippen LogP contribution in [0.25, 0.3) is 10.9 Å². The zero-order chi connectivity index (χ0) is 10.3. The minimum absolute atomic E-state index is 0.762. The monoisotopic (exact) mass is 250 g/mol. The summed E-state index contributed by atoms with van der Waals surface area (Å²) < 4.78 is 0.855. The number of anilines is 1. The minimum atomic E-state index is 0.762. The van der Waals surface area contributed by atoms with Crippen molar-refractivity contribution in [3.05, 3.63) is 33.9 Å². The van der Waals surface area contributed by atoms with Gasteiger partial charge in [-0.25, -0.2) is 0 Å². The summed E-state index contributed by atoms with van der Waals surface area (Å²) in [6.45, 7) is 4.16. The van der Waals surface area contributed by atoms with E-state index in [-0.39, 0.29) is 0 Å². The lowest BCUT2D eigenvalue weighted by Crippen LogP contribution is -1.92. The van der Waals surface area contributed by atoms with E-state index in [0.717, 1.165) is 21.1 Å². The summed E-state index contributed by atoms with van der Waals surface area (Å²) in [5.74, 6) is 0. The maximum Gasteiger partial charge on any atom is 0.0726 e. The highest BCUT2D eigenvalue weighted by atomic mass is 79.9. The highest BCUT2D eigenvalue weighted by Gasteiger charge is 2.04. The lowest BCUT2D eigenvalue weighted by molar-refractivity contribution is 1.32. The first kappa shape index (κ1) is 9.46. The molecule has 0 saturated carbocycles. The van der Waals surface area contributed by atoms with Crippen LogP contribution >= 0.6 is 15.9 Å². The first-order valence-corrected chi connectivity index (χ1v) is 5.20. The first-order valence-electron chi connectivity index (χ1n) is 4.40. The summed E-state index contributed by atoms with van der Waals surface area (Å²) in [4.78, 5) is 4.32. The van der Waals surface area contributed by atoms with Crippen molar-refractivity contribution >= 4 is 32.5 Å². The summed E-state index contributed by atoms with van der Waals surface area (Å²) in [6.07, 6.45) is 1.74. The van der Waals surface area contributed by atoms with Crippen LogP contribution in [0.4, 0.5) is 5.69 Å². The number of pyridine rings is 1. The Hall–Kier alpha value is -1.09. The number of aromatic nitrogens is 1. The number of nitrogens with two attached hydrogens (primary N) is 1. The molecule has 0 aliphatic carbocycles. The molecule has 0 fully saturated rings. The Kier molecular flexibility index (Phi) is 2.19. The summed E-state index contributed by atoms with van der Waals surface area (Å²) in [5, 5.41) is 1.02. The molecule has 1 heterocycles. The van der Waals surface area contributed by atoms with Gasteiger partial charge < -0.3 is 5.73 Å². The van der Waals surface area contributed by atoms with E-state index in [9.17, 15) is 0 Å². The van der Waals surface area contributed by atoms with E-state index in [0.29, 0.717) is 0 Å². The van der Waals surface area contributed by atoms with Crippen LogP contribution in [0, 0.1) is 13.8 Å². The SMILES string of the molecule is Cc1cc2ncc(Br)c(N)c2cc1C. The molecule has 0 radical (unpaired) electrons. The third kappa shape index (κ3) is 1.38. The molecule has 1 aromatic heterocycles. The topological polar surface area (TPSA) is 38.9 Å². The van der Waals surface area contributed by atoms with E-state index >= 15 is 0 Å². The minimum Gasteiger partial charge on any atom is -0.397 e. The smallest absolute Gasteiger partial charge is 0.0726 e. The maximum atomic E-state index is 5.95. The molecule has 2 N–H and O–H groups in total. The Morgan fingerprint density at radius 3 is 2.57 bits per heavy atom. The van der Waals surface area contributed by atoms with Gasteiger partial charge in [-0.3, -0.25) is 4.98 Å². The quantitative estimate of drug-likeness (QED) is 0.780. The van der Waals surface area contributed by atoms with Gasteiger partial charge in [-0.05, 0) is 53.0 Å². The fraction of sp³-hybridized carbons (Fsp3) is 0.182.